The molecule has 1 aliphatic carbocycles. The van der Waals surface area contributed by atoms with E-state index >= 15 is 0 Å². The summed E-state index contributed by atoms with van der Waals surface area (Å²) >= 11 is 6.05. The summed E-state index contributed by atoms with van der Waals surface area (Å²) in [5.74, 6) is -1.29. The number of aromatic nitrogens is 2. The molecule has 2 heterocycles. The van der Waals surface area contributed by atoms with E-state index in [-0.39, 0.29) is 40.0 Å². The van der Waals surface area contributed by atoms with Crippen molar-refractivity contribution >= 4 is 45.6 Å². The Balaban J connectivity index is 1.47. The van der Waals surface area contributed by atoms with Gasteiger partial charge in [-0.05, 0) is 71.8 Å². The Morgan fingerprint density at radius 1 is 1.18 bits per heavy atom. The summed E-state index contributed by atoms with van der Waals surface area (Å²) in [5.41, 5.74) is 9.12. The fourth-order valence-corrected chi connectivity index (χ4v) is 5.87. The van der Waals surface area contributed by atoms with Crippen LogP contribution in [0.4, 0.5) is 4.39 Å². The first-order chi connectivity index (χ1) is 18.0. The number of nitrogens with two attached hydrogens (primary N) is 1. The molecule has 0 bridgehead atoms. The molecule has 0 unspecified atom stereocenters. The van der Waals surface area contributed by atoms with Crippen molar-refractivity contribution in [3.8, 4) is 11.3 Å². The lowest BCUT2D eigenvalue weighted by molar-refractivity contribution is 0.100. The SMILES string of the molecule is NC(=O)c1c(-c2ccc(F)cc2)nn2cc(CS(=O)(=O)NCc3ccc(B(O)O)c(Cl)c3)c(C3CC3)cc12. The number of carbonyl (C=O) groups excluding carboxylic acids is 1. The average Bonchev–Trinajstić information content (AvgIpc) is 3.62. The highest BCUT2D eigenvalue weighted by Gasteiger charge is 2.30. The maximum Gasteiger partial charge on any atom is 0.489 e. The molecule has 0 saturated heterocycles. The molecule has 9 nitrogen and oxygen atoms in total. The Kier molecular flexibility index (Phi) is 7.01. The van der Waals surface area contributed by atoms with Gasteiger partial charge in [-0.3, -0.25) is 4.79 Å². The minimum absolute atomic E-state index is 0.0484. The quantitative estimate of drug-likeness (QED) is 0.232. The topological polar surface area (TPSA) is 147 Å². The van der Waals surface area contributed by atoms with Crippen LogP contribution in [0.25, 0.3) is 16.8 Å². The van der Waals surface area contributed by atoms with Gasteiger partial charge in [-0.2, -0.15) is 5.10 Å². The summed E-state index contributed by atoms with van der Waals surface area (Å²) in [4.78, 5) is 12.4. The molecule has 1 aliphatic rings. The van der Waals surface area contributed by atoms with E-state index in [4.69, 9.17) is 17.3 Å². The number of sulfonamides is 1. The van der Waals surface area contributed by atoms with E-state index in [0.29, 0.717) is 22.2 Å². The zero-order valence-electron chi connectivity index (χ0n) is 19.9. The number of nitrogens with one attached hydrogen (secondary N) is 1. The van der Waals surface area contributed by atoms with Crippen molar-refractivity contribution in [3.63, 3.8) is 0 Å². The van der Waals surface area contributed by atoms with E-state index in [1.165, 1.54) is 40.9 Å². The van der Waals surface area contributed by atoms with Crippen LogP contribution in [0, 0.1) is 5.82 Å². The largest absolute Gasteiger partial charge is 0.489 e. The van der Waals surface area contributed by atoms with Crippen molar-refractivity contribution in [1.29, 1.82) is 0 Å². The van der Waals surface area contributed by atoms with Gasteiger partial charge in [-0.1, -0.05) is 23.7 Å². The Hall–Kier alpha value is -3.29. The molecule has 0 atom stereocenters. The van der Waals surface area contributed by atoms with E-state index in [2.05, 4.69) is 9.82 Å². The summed E-state index contributed by atoms with van der Waals surface area (Å²) in [6, 6.07) is 11.7. The molecule has 5 N–H and O–H groups in total. The maximum atomic E-state index is 13.5. The first kappa shape index (κ1) is 26.3. The Morgan fingerprint density at radius 2 is 1.89 bits per heavy atom. The smallest absolute Gasteiger partial charge is 0.423 e. The average molecular weight is 557 g/mol. The van der Waals surface area contributed by atoms with E-state index in [1.54, 1.807) is 18.3 Å². The monoisotopic (exact) mass is 556 g/mol. The van der Waals surface area contributed by atoms with E-state index in [9.17, 15) is 27.7 Å². The predicted molar refractivity (Wildman–Crippen MR) is 142 cm³/mol. The van der Waals surface area contributed by atoms with Gasteiger partial charge in [-0.25, -0.2) is 22.0 Å². The molecule has 0 aliphatic heterocycles. The highest BCUT2D eigenvalue weighted by atomic mass is 35.5. The highest BCUT2D eigenvalue weighted by Crippen LogP contribution is 2.43. The zero-order chi connectivity index (χ0) is 27.2. The van der Waals surface area contributed by atoms with Crippen LogP contribution in [0.5, 0.6) is 0 Å². The van der Waals surface area contributed by atoms with E-state index in [0.717, 1.165) is 18.4 Å². The summed E-state index contributed by atoms with van der Waals surface area (Å²) < 4.78 is 43.5. The third-order valence-corrected chi connectivity index (χ3v) is 8.06. The number of benzene rings is 2. The molecule has 13 heteroatoms. The van der Waals surface area contributed by atoms with Crippen molar-refractivity contribution in [2.45, 2.75) is 31.1 Å². The normalized spacial score (nSPS) is 13.7. The summed E-state index contributed by atoms with van der Waals surface area (Å²) in [7, 11) is -5.54. The maximum absolute atomic E-state index is 13.5. The molecule has 2 aromatic heterocycles. The van der Waals surface area contributed by atoms with Gasteiger partial charge in [0, 0.05) is 28.8 Å². The molecule has 196 valence electrons. The van der Waals surface area contributed by atoms with Crippen molar-refractivity contribution < 1.29 is 27.7 Å². The van der Waals surface area contributed by atoms with Crippen LogP contribution in [-0.4, -0.2) is 41.1 Å². The van der Waals surface area contributed by atoms with Crippen LogP contribution in [-0.2, 0) is 22.3 Å². The van der Waals surface area contributed by atoms with Gasteiger partial charge < -0.3 is 15.8 Å². The molecule has 4 aromatic rings. The number of fused-ring (bicyclic) bond motifs is 1. The van der Waals surface area contributed by atoms with Gasteiger partial charge in [-0.15, -0.1) is 0 Å². The van der Waals surface area contributed by atoms with Gasteiger partial charge in [0.1, 0.15) is 11.5 Å². The van der Waals surface area contributed by atoms with Crippen LogP contribution < -0.4 is 15.9 Å². The first-order valence-electron chi connectivity index (χ1n) is 11.7. The summed E-state index contributed by atoms with van der Waals surface area (Å²) in [6.45, 7) is -0.0484. The molecular formula is C25H23BClFN4O5S. The van der Waals surface area contributed by atoms with Crippen LogP contribution in [0.3, 0.4) is 0 Å². The Bertz CT molecular complexity index is 1660. The molecule has 1 amide bonds. The van der Waals surface area contributed by atoms with E-state index < -0.39 is 28.9 Å². The van der Waals surface area contributed by atoms with Crippen molar-refractivity contribution in [3.05, 3.63) is 87.8 Å². The highest BCUT2D eigenvalue weighted by molar-refractivity contribution is 7.88. The fraction of sp³-hybridized carbons (Fsp3) is 0.200. The molecule has 38 heavy (non-hydrogen) atoms. The molecule has 1 fully saturated rings. The molecule has 0 spiro atoms. The number of primary amides is 1. The second-order valence-electron chi connectivity index (χ2n) is 9.26. The van der Waals surface area contributed by atoms with Crippen LogP contribution in [0.2, 0.25) is 5.02 Å². The standard InChI is InChI=1S/C25H23BClFN4O5S/c27-21-9-14(1-8-20(21)26(34)35)11-30-38(36,37)13-17-12-32-22(10-19(17)15-2-3-15)23(25(29)33)24(31-32)16-4-6-18(28)7-5-16/h1,4-10,12,15,30,34-35H,2-3,11,13H2,(H2,29,33). The fourth-order valence-electron chi connectivity index (χ4n) is 4.43. The third-order valence-electron chi connectivity index (χ3n) is 6.45. The first-order valence-corrected chi connectivity index (χ1v) is 13.8. The second-order valence-corrected chi connectivity index (χ2v) is 11.5. The van der Waals surface area contributed by atoms with Crippen LogP contribution in [0.1, 0.15) is 45.8 Å². The van der Waals surface area contributed by atoms with Gasteiger partial charge in [0.2, 0.25) is 10.0 Å². The summed E-state index contributed by atoms with van der Waals surface area (Å²) in [5, 5.41) is 23.2. The van der Waals surface area contributed by atoms with Crippen molar-refractivity contribution in [1.82, 2.24) is 14.3 Å². The van der Waals surface area contributed by atoms with Crippen molar-refractivity contribution in [2.24, 2.45) is 5.73 Å². The van der Waals surface area contributed by atoms with E-state index in [1.807, 2.05) is 0 Å². The number of amides is 1. The van der Waals surface area contributed by atoms with Gasteiger partial charge >= 0.3 is 7.12 Å². The molecular weight excluding hydrogens is 534 g/mol. The molecule has 2 aromatic carbocycles. The van der Waals surface area contributed by atoms with Crippen LogP contribution >= 0.6 is 11.6 Å². The molecule has 5 rings (SSSR count). The number of nitrogens with zero attached hydrogens (tertiary/aromatic N) is 2. The second kappa shape index (κ2) is 10.1. The Labute approximate surface area is 223 Å². The minimum atomic E-state index is -3.81. The van der Waals surface area contributed by atoms with Gasteiger partial charge in [0.15, 0.2) is 0 Å². The zero-order valence-corrected chi connectivity index (χ0v) is 21.5. The number of hydrogen-bond acceptors (Lipinski definition) is 6. The van der Waals surface area contributed by atoms with Crippen LogP contribution in [0.15, 0.2) is 54.7 Å². The number of hydrogen-bond donors (Lipinski definition) is 4. The Morgan fingerprint density at radius 3 is 2.50 bits per heavy atom. The summed E-state index contributed by atoms with van der Waals surface area (Å²) in [6.07, 6.45) is 3.38. The lowest BCUT2D eigenvalue weighted by atomic mass is 9.80. The number of carbonyl (C=O) groups is 1. The number of pyridine rings is 1. The molecule has 0 radical (unpaired) electrons. The van der Waals surface area contributed by atoms with Gasteiger partial charge in [0.25, 0.3) is 5.91 Å². The van der Waals surface area contributed by atoms with Gasteiger partial charge in [0.05, 0.1) is 16.8 Å². The number of halogens is 2. The van der Waals surface area contributed by atoms with Crippen molar-refractivity contribution in [2.75, 3.05) is 0 Å². The minimum Gasteiger partial charge on any atom is -0.423 e. The lowest BCUT2D eigenvalue weighted by Crippen LogP contribution is -2.31. The molecule has 1 saturated carbocycles. The number of rotatable bonds is 9. The third kappa shape index (κ3) is 5.45. The lowest BCUT2D eigenvalue weighted by Gasteiger charge is -2.12. The predicted octanol–water partition coefficient (Wildman–Crippen LogP) is 2.07.